The summed E-state index contributed by atoms with van der Waals surface area (Å²) in [7, 11) is 1.53. The molecule has 0 amide bonds. The molecule has 2 aromatic rings. The molecular weight excluding hydrogens is 256 g/mol. The zero-order valence-electron chi connectivity index (χ0n) is 11.2. The second kappa shape index (κ2) is 5.46. The molecule has 5 nitrogen and oxygen atoms in total. The van der Waals surface area contributed by atoms with Crippen LogP contribution in [0.25, 0.3) is 0 Å². The Morgan fingerprint density at radius 1 is 1.20 bits per heavy atom. The Bertz CT molecular complexity index is 582. The molecule has 20 heavy (non-hydrogen) atoms. The van der Waals surface area contributed by atoms with Crippen LogP contribution < -0.4 is 9.47 Å². The van der Waals surface area contributed by atoms with Gasteiger partial charge in [0.05, 0.1) is 18.9 Å². The highest BCUT2D eigenvalue weighted by molar-refractivity contribution is 5.33. The molecule has 0 spiro atoms. The van der Waals surface area contributed by atoms with Crippen LogP contribution in [0.3, 0.4) is 0 Å². The van der Waals surface area contributed by atoms with E-state index in [1.807, 2.05) is 24.3 Å². The molecule has 1 aliphatic carbocycles. The van der Waals surface area contributed by atoms with Crippen LogP contribution in [0.4, 0.5) is 0 Å². The van der Waals surface area contributed by atoms with Crippen LogP contribution >= 0.6 is 0 Å². The molecular formula is C15H16N2O3. The van der Waals surface area contributed by atoms with Crippen LogP contribution in [0, 0.1) is 0 Å². The fraction of sp³-hybridized carbons (Fsp3) is 0.333. The van der Waals surface area contributed by atoms with Gasteiger partial charge in [0.1, 0.15) is 11.9 Å². The predicted octanol–water partition coefficient (Wildman–Crippen LogP) is 2.11. The molecule has 1 heterocycles. The van der Waals surface area contributed by atoms with Crippen molar-refractivity contribution >= 4 is 0 Å². The minimum Gasteiger partial charge on any atom is -0.490 e. The summed E-state index contributed by atoms with van der Waals surface area (Å²) in [6.45, 7) is 0. The molecule has 104 valence electrons. The number of nitrogens with zero attached hydrogens (tertiary/aromatic N) is 2. The first-order valence-corrected chi connectivity index (χ1v) is 6.58. The topological polar surface area (TPSA) is 64.5 Å². The van der Waals surface area contributed by atoms with Crippen molar-refractivity contribution in [1.29, 1.82) is 0 Å². The highest BCUT2D eigenvalue weighted by Gasteiger charge is 2.24. The number of hydrogen-bond acceptors (Lipinski definition) is 5. The van der Waals surface area contributed by atoms with Gasteiger partial charge in [-0.1, -0.05) is 12.1 Å². The first-order chi connectivity index (χ1) is 9.76. The Labute approximate surface area is 117 Å². The summed E-state index contributed by atoms with van der Waals surface area (Å²) < 4.78 is 10.7. The fourth-order valence-electron chi connectivity index (χ4n) is 1.89. The van der Waals surface area contributed by atoms with Crippen LogP contribution in [0.5, 0.6) is 11.6 Å². The third-order valence-electron chi connectivity index (χ3n) is 3.15. The van der Waals surface area contributed by atoms with E-state index in [1.54, 1.807) is 12.1 Å². The van der Waals surface area contributed by atoms with Gasteiger partial charge in [-0.3, -0.25) is 0 Å². The van der Waals surface area contributed by atoms with Gasteiger partial charge < -0.3 is 14.6 Å². The Hall–Kier alpha value is -2.14. The van der Waals surface area contributed by atoms with E-state index < -0.39 is 6.10 Å². The van der Waals surface area contributed by atoms with Gasteiger partial charge in [0.2, 0.25) is 5.88 Å². The minimum absolute atomic E-state index is 0.336. The van der Waals surface area contributed by atoms with E-state index in [4.69, 9.17) is 9.47 Å². The van der Waals surface area contributed by atoms with Crippen molar-refractivity contribution < 1.29 is 14.6 Å². The first kappa shape index (κ1) is 12.9. The Morgan fingerprint density at radius 2 is 2.05 bits per heavy atom. The number of aliphatic hydroxyl groups is 1. The summed E-state index contributed by atoms with van der Waals surface area (Å²) in [4.78, 5) is 0. The van der Waals surface area contributed by atoms with Crippen molar-refractivity contribution in [1.82, 2.24) is 10.2 Å². The highest BCUT2D eigenvalue weighted by atomic mass is 16.5. The second-order valence-electron chi connectivity index (χ2n) is 4.79. The molecule has 0 saturated heterocycles. The summed E-state index contributed by atoms with van der Waals surface area (Å²) in [5, 5.41) is 18.2. The number of aromatic nitrogens is 2. The molecule has 3 rings (SSSR count). The summed E-state index contributed by atoms with van der Waals surface area (Å²) in [6, 6.07) is 10.8. The Morgan fingerprint density at radius 3 is 2.70 bits per heavy atom. The van der Waals surface area contributed by atoms with E-state index in [0.29, 0.717) is 17.7 Å². The average molecular weight is 272 g/mol. The molecule has 1 N–H and O–H groups in total. The third-order valence-corrected chi connectivity index (χ3v) is 3.15. The van der Waals surface area contributed by atoms with Gasteiger partial charge in [-0.25, -0.2) is 0 Å². The molecule has 5 heteroatoms. The number of methoxy groups -OCH3 is 1. The van der Waals surface area contributed by atoms with Crippen LogP contribution in [-0.4, -0.2) is 28.5 Å². The zero-order chi connectivity index (χ0) is 13.9. The molecule has 0 radical (unpaired) electrons. The van der Waals surface area contributed by atoms with E-state index in [9.17, 15) is 5.11 Å². The largest absolute Gasteiger partial charge is 0.490 e. The molecule has 1 atom stereocenters. The monoisotopic (exact) mass is 272 g/mol. The van der Waals surface area contributed by atoms with Crippen LogP contribution in [0.2, 0.25) is 0 Å². The minimum atomic E-state index is -0.823. The number of hydrogen-bond donors (Lipinski definition) is 1. The van der Waals surface area contributed by atoms with Crippen LogP contribution in [0.1, 0.15) is 30.2 Å². The average Bonchev–Trinajstić information content (AvgIpc) is 3.31. The van der Waals surface area contributed by atoms with E-state index >= 15 is 0 Å². The maximum absolute atomic E-state index is 10.3. The van der Waals surface area contributed by atoms with E-state index in [-0.39, 0.29) is 0 Å². The maximum Gasteiger partial charge on any atom is 0.233 e. The second-order valence-corrected chi connectivity index (χ2v) is 4.79. The lowest BCUT2D eigenvalue weighted by Crippen LogP contribution is -2.05. The third kappa shape index (κ3) is 2.88. The van der Waals surface area contributed by atoms with Crippen LogP contribution in [-0.2, 0) is 0 Å². The fourth-order valence-corrected chi connectivity index (χ4v) is 1.89. The number of ether oxygens (including phenoxy) is 2. The van der Waals surface area contributed by atoms with Crippen molar-refractivity contribution in [3.05, 3.63) is 47.7 Å². The van der Waals surface area contributed by atoms with Crippen molar-refractivity contribution in [3.63, 3.8) is 0 Å². The molecule has 1 saturated carbocycles. The highest BCUT2D eigenvalue weighted by Crippen LogP contribution is 2.29. The lowest BCUT2D eigenvalue weighted by atomic mass is 10.1. The lowest BCUT2D eigenvalue weighted by molar-refractivity contribution is 0.212. The summed E-state index contributed by atoms with van der Waals surface area (Å²) in [6.07, 6.45) is 1.73. The normalized spacial score (nSPS) is 15.7. The zero-order valence-corrected chi connectivity index (χ0v) is 11.2. The van der Waals surface area contributed by atoms with Crippen molar-refractivity contribution in [3.8, 4) is 11.6 Å². The Balaban J connectivity index is 1.79. The Kier molecular flexibility index (Phi) is 3.52. The molecule has 1 unspecified atom stereocenters. The lowest BCUT2D eigenvalue weighted by Gasteiger charge is -2.12. The van der Waals surface area contributed by atoms with Gasteiger partial charge in [-0.2, -0.15) is 0 Å². The van der Waals surface area contributed by atoms with Crippen molar-refractivity contribution in [2.24, 2.45) is 0 Å². The van der Waals surface area contributed by atoms with E-state index in [2.05, 4.69) is 10.2 Å². The summed E-state index contributed by atoms with van der Waals surface area (Å²) >= 11 is 0. The molecule has 1 aliphatic rings. The molecule has 1 aromatic heterocycles. The van der Waals surface area contributed by atoms with Gasteiger partial charge in [-0.15, -0.1) is 10.2 Å². The van der Waals surface area contributed by atoms with E-state index in [1.165, 1.54) is 7.11 Å². The van der Waals surface area contributed by atoms with Gasteiger partial charge in [0, 0.05) is 6.07 Å². The van der Waals surface area contributed by atoms with Crippen molar-refractivity contribution in [2.45, 2.75) is 25.0 Å². The molecule has 0 bridgehead atoms. The SMILES string of the molecule is COc1ccc(C(O)c2cccc(OC3CC3)c2)nn1. The predicted molar refractivity (Wildman–Crippen MR) is 72.7 cm³/mol. The van der Waals surface area contributed by atoms with Gasteiger partial charge in [0.15, 0.2) is 0 Å². The maximum atomic E-state index is 10.3. The number of aliphatic hydroxyl groups excluding tert-OH is 1. The van der Waals surface area contributed by atoms with Crippen molar-refractivity contribution in [2.75, 3.05) is 7.11 Å². The summed E-state index contributed by atoms with van der Waals surface area (Å²) in [5.74, 6) is 1.21. The molecule has 0 aliphatic heterocycles. The number of rotatable bonds is 5. The molecule has 1 aromatic carbocycles. The summed E-state index contributed by atoms with van der Waals surface area (Å²) in [5.41, 5.74) is 1.22. The standard InChI is InChI=1S/C15H16N2O3/c1-19-14-8-7-13(16-17-14)15(18)10-3-2-4-12(9-10)20-11-5-6-11/h2-4,7-9,11,15,18H,5-6H2,1H3. The quantitative estimate of drug-likeness (QED) is 0.903. The van der Waals surface area contributed by atoms with E-state index in [0.717, 1.165) is 24.2 Å². The van der Waals surface area contributed by atoms with Gasteiger partial charge >= 0.3 is 0 Å². The molecule has 1 fully saturated rings. The van der Waals surface area contributed by atoms with Crippen LogP contribution in [0.15, 0.2) is 36.4 Å². The smallest absolute Gasteiger partial charge is 0.233 e. The van der Waals surface area contributed by atoms with Gasteiger partial charge in [-0.05, 0) is 36.6 Å². The number of benzene rings is 1. The van der Waals surface area contributed by atoms with Gasteiger partial charge in [0.25, 0.3) is 0 Å². The first-order valence-electron chi connectivity index (χ1n) is 6.58.